The number of amides is 1. The predicted octanol–water partition coefficient (Wildman–Crippen LogP) is 3.05. The van der Waals surface area contributed by atoms with E-state index in [0.717, 1.165) is 0 Å². The van der Waals surface area contributed by atoms with Crippen molar-refractivity contribution in [3.8, 4) is 11.8 Å². The van der Waals surface area contributed by atoms with Gasteiger partial charge in [-0.05, 0) is 36.4 Å². The van der Waals surface area contributed by atoms with Crippen molar-refractivity contribution in [3.05, 3.63) is 52.5 Å². The van der Waals surface area contributed by atoms with Gasteiger partial charge in [0.1, 0.15) is 5.75 Å². The van der Waals surface area contributed by atoms with Crippen LogP contribution in [0.25, 0.3) is 0 Å². The molecule has 5 nitrogen and oxygen atoms in total. The third-order valence-electron chi connectivity index (χ3n) is 2.84. The van der Waals surface area contributed by atoms with Crippen LogP contribution in [0.4, 0.5) is 11.4 Å². The Kier molecular flexibility index (Phi) is 4.31. The minimum atomic E-state index is -0.351. The average molecular weight is 302 g/mol. The number of nitrogens with zero attached hydrogens (tertiary/aromatic N) is 1. The summed E-state index contributed by atoms with van der Waals surface area (Å²) in [4.78, 5) is 12.1. The quantitative estimate of drug-likeness (QED) is 0.853. The zero-order chi connectivity index (χ0) is 15.4. The summed E-state index contributed by atoms with van der Waals surface area (Å²) in [6.07, 6.45) is 0. The summed E-state index contributed by atoms with van der Waals surface area (Å²) >= 11 is 6.01. The molecule has 0 spiro atoms. The van der Waals surface area contributed by atoms with Crippen molar-refractivity contribution in [1.82, 2.24) is 0 Å². The fraction of sp³-hybridized carbons (Fsp3) is 0.0667. The highest BCUT2D eigenvalue weighted by molar-refractivity contribution is 6.34. The lowest BCUT2D eigenvalue weighted by Crippen LogP contribution is -2.12. The van der Waals surface area contributed by atoms with E-state index in [-0.39, 0.29) is 5.91 Å². The molecule has 3 N–H and O–H groups in total. The van der Waals surface area contributed by atoms with Gasteiger partial charge in [-0.3, -0.25) is 4.79 Å². The van der Waals surface area contributed by atoms with E-state index in [1.807, 2.05) is 6.07 Å². The lowest BCUT2D eigenvalue weighted by Gasteiger charge is -2.09. The Bertz CT molecular complexity index is 738. The van der Waals surface area contributed by atoms with Crippen LogP contribution >= 0.6 is 11.6 Å². The standard InChI is InChI=1S/C15H12ClN3O2/c1-21-14-5-3-10(7-12(14)18)15(20)19-13-4-2-9(8-17)6-11(13)16/h2-7H,18H2,1H3,(H,19,20). The number of methoxy groups -OCH3 is 1. The molecule has 0 fully saturated rings. The molecule has 106 valence electrons. The summed E-state index contributed by atoms with van der Waals surface area (Å²) in [6, 6.07) is 11.3. The van der Waals surface area contributed by atoms with Crippen molar-refractivity contribution in [1.29, 1.82) is 5.26 Å². The first-order chi connectivity index (χ1) is 10.0. The molecule has 0 aliphatic heterocycles. The molecular formula is C15H12ClN3O2. The highest BCUT2D eigenvalue weighted by Gasteiger charge is 2.11. The second-order valence-electron chi connectivity index (χ2n) is 4.22. The van der Waals surface area contributed by atoms with Crippen LogP contribution in [0, 0.1) is 11.3 Å². The number of carbonyl (C=O) groups excluding carboxylic acids is 1. The summed E-state index contributed by atoms with van der Waals surface area (Å²) in [6.45, 7) is 0. The first kappa shape index (κ1) is 14.7. The van der Waals surface area contributed by atoms with Crippen LogP contribution in [0.2, 0.25) is 5.02 Å². The molecule has 0 aliphatic rings. The van der Waals surface area contributed by atoms with Gasteiger partial charge in [0.15, 0.2) is 0 Å². The largest absolute Gasteiger partial charge is 0.495 e. The van der Waals surface area contributed by atoms with Gasteiger partial charge in [0.05, 0.1) is 35.1 Å². The molecule has 0 atom stereocenters. The van der Waals surface area contributed by atoms with E-state index in [2.05, 4.69) is 5.32 Å². The lowest BCUT2D eigenvalue weighted by molar-refractivity contribution is 0.102. The van der Waals surface area contributed by atoms with Gasteiger partial charge in [-0.15, -0.1) is 0 Å². The number of nitrogen functional groups attached to an aromatic ring is 1. The van der Waals surface area contributed by atoms with Crippen LogP contribution in [-0.2, 0) is 0 Å². The zero-order valence-electron chi connectivity index (χ0n) is 11.2. The van der Waals surface area contributed by atoms with Gasteiger partial charge in [0.25, 0.3) is 5.91 Å². The Labute approximate surface area is 126 Å². The Balaban J connectivity index is 2.22. The fourth-order valence-electron chi connectivity index (χ4n) is 1.76. The van der Waals surface area contributed by atoms with Crippen LogP contribution in [0.3, 0.4) is 0 Å². The first-order valence-electron chi connectivity index (χ1n) is 5.99. The second-order valence-corrected chi connectivity index (χ2v) is 4.62. The maximum absolute atomic E-state index is 12.1. The van der Waals surface area contributed by atoms with Crippen LogP contribution in [0.5, 0.6) is 5.75 Å². The third-order valence-corrected chi connectivity index (χ3v) is 3.15. The number of carbonyl (C=O) groups is 1. The second kappa shape index (κ2) is 6.16. The van der Waals surface area contributed by atoms with Gasteiger partial charge in [-0.25, -0.2) is 0 Å². The van der Waals surface area contributed by atoms with Crippen molar-refractivity contribution in [2.45, 2.75) is 0 Å². The number of ether oxygens (including phenoxy) is 1. The van der Waals surface area contributed by atoms with E-state index in [1.165, 1.54) is 19.2 Å². The number of nitrogens with one attached hydrogen (secondary N) is 1. The molecule has 2 aromatic carbocycles. The van der Waals surface area contributed by atoms with Crippen molar-refractivity contribution < 1.29 is 9.53 Å². The zero-order valence-corrected chi connectivity index (χ0v) is 11.9. The Morgan fingerprint density at radius 1 is 1.33 bits per heavy atom. The SMILES string of the molecule is COc1ccc(C(=O)Nc2ccc(C#N)cc2Cl)cc1N. The number of nitrogens with two attached hydrogens (primary N) is 1. The summed E-state index contributed by atoms with van der Waals surface area (Å²) in [5.41, 5.74) is 7.37. The van der Waals surface area contributed by atoms with Crippen molar-refractivity contribution in [2.24, 2.45) is 0 Å². The lowest BCUT2D eigenvalue weighted by atomic mass is 10.1. The minimum absolute atomic E-state index is 0.295. The number of halogens is 1. The molecule has 0 bridgehead atoms. The Morgan fingerprint density at radius 3 is 2.67 bits per heavy atom. The van der Waals surface area contributed by atoms with Gasteiger partial charge < -0.3 is 15.8 Å². The Hall–Kier alpha value is -2.71. The summed E-state index contributed by atoms with van der Waals surface area (Å²) in [5, 5.41) is 11.7. The number of hydrogen-bond donors (Lipinski definition) is 2. The Morgan fingerprint density at radius 2 is 2.10 bits per heavy atom. The van der Waals surface area contributed by atoms with Crippen LogP contribution in [0.1, 0.15) is 15.9 Å². The average Bonchev–Trinajstić information content (AvgIpc) is 2.49. The van der Waals surface area contributed by atoms with E-state index in [1.54, 1.807) is 24.3 Å². The smallest absolute Gasteiger partial charge is 0.255 e. The summed E-state index contributed by atoms with van der Waals surface area (Å²) in [7, 11) is 1.50. The molecule has 6 heteroatoms. The highest BCUT2D eigenvalue weighted by atomic mass is 35.5. The summed E-state index contributed by atoms with van der Waals surface area (Å²) < 4.78 is 5.03. The minimum Gasteiger partial charge on any atom is -0.495 e. The number of anilines is 2. The molecule has 0 aromatic heterocycles. The van der Waals surface area contributed by atoms with Crippen LogP contribution in [-0.4, -0.2) is 13.0 Å². The van der Waals surface area contributed by atoms with Crippen molar-refractivity contribution >= 4 is 28.9 Å². The maximum Gasteiger partial charge on any atom is 0.255 e. The van der Waals surface area contributed by atoms with Gasteiger partial charge >= 0.3 is 0 Å². The van der Waals surface area contributed by atoms with Crippen LogP contribution < -0.4 is 15.8 Å². The highest BCUT2D eigenvalue weighted by Crippen LogP contribution is 2.25. The third kappa shape index (κ3) is 3.25. The molecule has 2 aromatic rings. The molecule has 0 aliphatic carbocycles. The van der Waals surface area contributed by atoms with E-state index in [4.69, 9.17) is 27.3 Å². The molecule has 0 unspecified atom stereocenters. The van der Waals surface area contributed by atoms with Crippen LogP contribution in [0.15, 0.2) is 36.4 Å². The molecule has 0 saturated heterocycles. The number of benzene rings is 2. The molecule has 21 heavy (non-hydrogen) atoms. The molecule has 2 rings (SSSR count). The monoisotopic (exact) mass is 301 g/mol. The molecule has 0 saturated carbocycles. The normalized spacial score (nSPS) is 9.76. The summed E-state index contributed by atoms with van der Waals surface area (Å²) in [5.74, 6) is 0.152. The predicted molar refractivity (Wildman–Crippen MR) is 81.5 cm³/mol. The molecular weight excluding hydrogens is 290 g/mol. The van der Waals surface area contributed by atoms with Gasteiger partial charge in [-0.2, -0.15) is 5.26 Å². The number of hydrogen-bond acceptors (Lipinski definition) is 4. The first-order valence-corrected chi connectivity index (χ1v) is 6.37. The van der Waals surface area contributed by atoms with E-state index < -0.39 is 0 Å². The molecule has 0 heterocycles. The van der Waals surface area contributed by atoms with E-state index >= 15 is 0 Å². The maximum atomic E-state index is 12.1. The van der Waals surface area contributed by atoms with Crippen molar-refractivity contribution in [2.75, 3.05) is 18.2 Å². The van der Waals surface area contributed by atoms with E-state index in [9.17, 15) is 4.79 Å². The van der Waals surface area contributed by atoms with Gasteiger partial charge in [0, 0.05) is 5.56 Å². The topological polar surface area (TPSA) is 88.1 Å². The van der Waals surface area contributed by atoms with Gasteiger partial charge in [-0.1, -0.05) is 11.6 Å². The molecule has 0 radical (unpaired) electrons. The van der Waals surface area contributed by atoms with Gasteiger partial charge in [0.2, 0.25) is 0 Å². The van der Waals surface area contributed by atoms with E-state index in [0.29, 0.717) is 33.3 Å². The number of nitriles is 1. The number of rotatable bonds is 3. The fourth-order valence-corrected chi connectivity index (χ4v) is 1.98. The van der Waals surface area contributed by atoms with Crippen molar-refractivity contribution in [3.63, 3.8) is 0 Å². The molecule has 1 amide bonds.